The van der Waals surface area contributed by atoms with Gasteiger partial charge in [-0.3, -0.25) is 0 Å². The van der Waals surface area contributed by atoms with Crippen LogP contribution in [0.5, 0.6) is 0 Å². The highest BCUT2D eigenvalue weighted by Crippen LogP contribution is 2.38. The number of rotatable bonds is 2. The second kappa shape index (κ2) is 5.79. The van der Waals surface area contributed by atoms with Crippen LogP contribution in [0.3, 0.4) is 0 Å². The molecule has 0 atom stereocenters. The van der Waals surface area contributed by atoms with Gasteiger partial charge in [-0.15, -0.1) is 0 Å². The highest BCUT2D eigenvalue weighted by atomic mass is 19.4. The van der Waals surface area contributed by atoms with E-state index in [9.17, 15) is 26.3 Å². The van der Waals surface area contributed by atoms with Gasteiger partial charge in [0.2, 0.25) is 0 Å². The fourth-order valence-corrected chi connectivity index (χ4v) is 2.16. The molecule has 1 nitrogen and oxygen atoms in total. The van der Waals surface area contributed by atoms with Crippen molar-refractivity contribution in [3.63, 3.8) is 0 Å². The zero-order chi connectivity index (χ0) is 17.4. The highest BCUT2D eigenvalue weighted by Gasteiger charge is 2.32. The van der Waals surface area contributed by atoms with Crippen LogP contribution in [-0.4, -0.2) is 14.1 Å². The second-order valence-electron chi connectivity index (χ2n) is 5.20. The Morgan fingerprint density at radius 2 is 1.17 bits per heavy atom. The van der Waals surface area contributed by atoms with E-state index in [4.69, 9.17) is 0 Å². The highest BCUT2D eigenvalue weighted by molar-refractivity contribution is 5.79. The third kappa shape index (κ3) is 3.78. The number of benzene rings is 2. The maximum absolute atomic E-state index is 12.8. The Hall–Kier alpha value is -2.18. The van der Waals surface area contributed by atoms with E-state index in [1.54, 1.807) is 14.1 Å². The summed E-state index contributed by atoms with van der Waals surface area (Å²) >= 11 is 0. The Labute approximate surface area is 129 Å². The van der Waals surface area contributed by atoms with Crippen molar-refractivity contribution in [3.8, 4) is 11.1 Å². The summed E-state index contributed by atoms with van der Waals surface area (Å²) in [4.78, 5) is 1.49. The second-order valence-corrected chi connectivity index (χ2v) is 5.20. The number of anilines is 1. The summed E-state index contributed by atoms with van der Waals surface area (Å²) in [5.41, 5.74) is -0.497. The van der Waals surface area contributed by atoms with E-state index < -0.39 is 23.5 Å². The number of hydrogen-bond acceptors (Lipinski definition) is 1. The summed E-state index contributed by atoms with van der Waals surface area (Å²) in [5, 5.41) is 0. The molecule has 0 aromatic heterocycles. The smallest absolute Gasteiger partial charge is 0.377 e. The first kappa shape index (κ1) is 17.2. The molecule has 2 aromatic carbocycles. The van der Waals surface area contributed by atoms with Crippen LogP contribution < -0.4 is 4.90 Å². The van der Waals surface area contributed by atoms with Crippen LogP contribution in [0, 0.1) is 0 Å². The topological polar surface area (TPSA) is 3.24 Å². The van der Waals surface area contributed by atoms with Gasteiger partial charge in [0.15, 0.2) is 0 Å². The van der Waals surface area contributed by atoms with Crippen LogP contribution in [0.2, 0.25) is 0 Å². The van der Waals surface area contributed by atoms with Gasteiger partial charge >= 0.3 is 12.4 Å². The van der Waals surface area contributed by atoms with E-state index in [1.165, 1.54) is 23.1 Å². The van der Waals surface area contributed by atoms with Gasteiger partial charge in [-0.25, -0.2) is 0 Å². The first-order chi connectivity index (χ1) is 10.5. The van der Waals surface area contributed by atoms with Gasteiger partial charge in [-0.05, 0) is 29.8 Å². The van der Waals surface area contributed by atoms with Crippen LogP contribution in [0.25, 0.3) is 11.1 Å². The Morgan fingerprint density at radius 3 is 1.61 bits per heavy atom. The van der Waals surface area contributed by atoms with Crippen LogP contribution >= 0.6 is 0 Å². The minimum atomic E-state index is -4.48. The van der Waals surface area contributed by atoms with Gasteiger partial charge in [-0.1, -0.05) is 18.2 Å². The van der Waals surface area contributed by atoms with Gasteiger partial charge in [0, 0.05) is 25.3 Å². The summed E-state index contributed by atoms with van der Waals surface area (Å²) in [6, 6.07) is 7.48. The number of nitrogens with zero attached hydrogens (tertiary/aromatic N) is 1. The van der Waals surface area contributed by atoms with Crippen molar-refractivity contribution in [1.82, 2.24) is 0 Å². The lowest BCUT2D eigenvalue weighted by Gasteiger charge is -2.20. The van der Waals surface area contributed by atoms with Crippen LogP contribution in [0.1, 0.15) is 11.1 Å². The molecule has 0 saturated heterocycles. The van der Waals surface area contributed by atoms with Crippen molar-refractivity contribution >= 4 is 5.69 Å². The van der Waals surface area contributed by atoms with Crippen molar-refractivity contribution in [2.24, 2.45) is 0 Å². The van der Waals surface area contributed by atoms with Crippen LogP contribution in [0.4, 0.5) is 32.0 Å². The van der Waals surface area contributed by atoms with E-state index >= 15 is 0 Å². The summed E-state index contributed by atoms with van der Waals surface area (Å²) in [7, 11) is 3.14. The van der Waals surface area contributed by atoms with Gasteiger partial charge in [0.1, 0.15) is 0 Å². The zero-order valence-electron chi connectivity index (χ0n) is 12.3. The number of hydrogen-bond donors (Lipinski definition) is 0. The first-order valence-electron chi connectivity index (χ1n) is 6.56. The van der Waals surface area contributed by atoms with Crippen molar-refractivity contribution in [2.75, 3.05) is 19.0 Å². The molecule has 0 heterocycles. The Morgan fingerprint density at radius 1 is 0.696 bits per heavy atom. The first-order valence-corrected chi connectivity index (χ1v) is 6.56. The molecule has 0 aliphatic carbocycles. The van der Waals surface area contributed by atoms with Gasteiger partial charge in [0.25, 0.3) is 0 Å². The van der Waals surface area contributed by atoms with Crippen LogP contribution in [0.15, 0.2) is 42.5 Å². The third-order valence-electron chi connectivity index (χ3n) is 3.33. The monoisotopic (exact) mass is 333 g/mol. The molecule has 0 saturated carbocycles. The Kier molecular flexibility index (Phi) is 4.32. The molecule has 7 heteroatoms. The van der Waals surface area contributed by atoms with Crippen molar-refractivity contribution < 1.29 is 26.3 Å². The van der Waals surface area contributed by atoms with Crippen molar-refractivity contribution in [2.45, 2.75) is 12.4 Å². The average Bonchev–Trinajstić information content (AvgIpc) is 2.45. The standard InChI is InChI=1S/C16H13F6N/c1-23(2)14-9-12(16(20,21)22)7-8-13(14)10-3-5-11(6-4-10)15(17,18)19/h3-9H,1-2H3. The molecule has 0 aliphatic rings. The van der Waals surface area contributed by atoms with Crippen molar-refractivity contribution in [1.29, 1.82) is 0 Å². The lowest BCUT2D eigenvalue weighted by Crippen LogP contribution is -2.13. The number of alkyl halides is 6. The van der Waals surface area contributed by atoms with E-state index in [1.807, 2.05) is 0 Å². The SMILES string of the molecule is CN(C)c1cc(C(F)(F)F)ccc1-c1ccc(C(F)(F)F)cc1. The predicted octanol–water partition coefficient (Wildman–Crippen LogP) is 5.46. The predicted molar refractivity (Wildman–Crippen MR) is 76.2 cm³/mol. The van der Waals surface area contributed by atoms with Gasteiger partial charge < -0.3 is 4.90 Å². The fraction of sp³-hybridized carbons (Fsp3) is 0.250. The molecular weight excluding hydrogens is 320 g/mol. The van der Waals surface area contributed by atoms with Gasteiger partial charge in [-0.2, -0.15) is 26.3 Å². The molecular formula is C16H13F6N. The maximum Gasteiger partial charge on any atom is 0.416 e. The van der Waals surface area contributed by atoms with Crippen LogP contribution in [-0.2, 0) is 12.4 Å². The molecule has 124 valence electrons. The average molecular weight is 333 g/mol. The Balaban J connectivity index is 2.51. The fourth-order valence-electron chi connectivity index (χ4n) is 2.16. The number of halogens is 6. The molecule has 2 rings (SSSR count). The molecule has 0 fully saturated rings. The minimum Gasteiger partial charge on any atom is -0.377 e. The molecule has 0 bridgehead atoms. The summed E-state index contributed by atoms with van der Waals surface area (Å²) < 4.78 is 76.2. The van der Waals surface area contributed by atoms with Gasteiger partial charge in [0.05, 0.1) is 11.1 Å². The quantitative estimate of drug-likeness (QED) is 0.660. The maximum atomic E-state index is 12.8. The summed E-state index contributed by atoms with van der Waals surface area (Å²) in [5.74, 6) is 0. The molecule has 2 aromatic rings. The molecule has 0 aliphatic heterocycles. The molecule has 0 spiro atoms. The molecule has 0 unspecified atom stereocenters. The Bertz CT molecular complexity index is 683. The lowest BCUT2D eigenvalue weighted by atomic mass is 9.99. The summed E-state index contributed by atoms with van der Waals surface area (Å²) in [6.07, 6.45) is -8.94. The molecule has 0 radical (unpaired) electrons. The summed E-state index contributed by atoms with van der Waals surface area (Å²) in [6.45, 7) is 0. The van der Waals surface area contributed by atoms with Crippen molar-refractivity contribution in [3.05, 3.63) is 53.6 Å². The van der Waals surface area contributed by atoms with E-state index in [2.05, 4.69) is 0 Å². The molecule has 0 amide bonds. The third-order valence-corrected chi connectivity index (χ3v) is 3.33. The van der Waals surface area contributed by atoms with E-state index in [0.29, 0.717) is 11.1 Å². The molecule has 0 N–H and O–H groups in total. The minimum absolute atomic E-state index is 0.277. The lowest BCUT2D eigenvalue weighted by molar-refractivity contribution is -0.138. The zero-order valence-corrected chi connectivity index (χ0v) is 12.3. The van der Waals surface area contributed by atoms with E-state index in [0.717, 1.165) is 24.3 Å². The largest absolute Gasteiger partial charge is 0.416 e. The normalized spacial score (nSPS) is 12.3. The molecule has 23 heavy (non-hydrogen) atoms. The van der Waals surface area contributed by atoms with E-state index in [-0.39, 0.29) is 5.69 Å².